The van der Waals surface area contributed by atoms with E-state index in [4.69, 9.17) is 0 Å². The van der Waals surface area contributed by atoms with Crippen molar-refractivity contribution in [2.75, 3.05) is 0 Å². The predicted octanol–water partition coefficient (Wildman–Crippen LogP) is 2.16. The van der Waals surface area contributed by atoms with Crippen molar-refractivity contribution in [1.82, 2.24) is 0 Å². The molecule has 0 saturated carbocycles. The molecule has 0 aromatic rings. The van der Waals surface area contributed by atoms with Gasteiger partial charge in [-0.25, -0.2) is 0 Å². The molecule has 0 aliphatic heterocycles. The van der Waals surface area contributed by atoms with Gasteiger partial charge >= 0.3 is 0 Å². The van der Waals surface area contributed by atoms with Crippen LogP contribution in [0.5, 0.6) is 0 Å². The lowest BCUT2D eigenvalue weighted by Crippen LogP contribution is -2.25. The molecule has 63 valence electrons. The molecule has 0 heterocycles. The summed E-state index contributed by atoms with van der Waals surface area (Å²) in [6.07, 6.45) is 3.13. The van der Waals surface area contributed by atoms with Crippen molar-refractivity contribution in [1.29, 1.82) is 0 Å². The molecule has 0 aromatic heterocycles. The van der Waals surface area contributed by atoms with E-state index in [1.165, 1.54) is 0 Å². The minimum atomic E-state index is -0.496. The van der Waals surface area contributed by atoms with Crippen LogP contribution in [0, 0.1) is 18.8 Å². The summed E-state index contributed by atoms with van der Waals surface area (Å²) < 4.78 is 0. The minimum absolute atomic E-state index is 0.496. The molecule has 0 unspecified atom stereocenters. The van der Waals surface area contributed by atoms with Crippen LogP contribution < -0.4 is 0 Å². The minimum Gasteiger partial charge on any atom is -0.390 e. The molecule has 0 saturated heterocycles. The fourth-order valence-electron chi connectivity index (χ4n) is 0.987. The molecule has 11 heavy (non-hydrogen) atoms. The molecule has 0 amide bonds. The number of hydrogen-bond acceptors (Lipinski definition) is 1. The molecule has 0 aliphatic carbocycles. The smallest absolute Gasteiger partial charge is 0.0651 e. The van der Waals surface area contributed by atoms with Crippen molar-refractivity contribution >= 4 is 0 Å². The third-order valence-corrected chi connectivity index (χ3v) is 2.16. The Morgan fingerprint density at radius 2 is 1.91 bits per heavy atom. The van der Waals surface area contributed by atoms with Gasteiger partial charge in [-0.3, -0.25) is 0 Å². The molecule has 0 aliphatic rings. The molecule has 0 bridgehead atoms. The molecular weight excluding hydrogens is 136 g/mol. The van der Waals surface area contributed by atoms with Crippen LogP contribution in [0.1, 0.15) is 39.5 Å². The first-order chi connectivity index (χ1) is 5.18. The Bertz CT molecular complexity index is 146. The van der Waals surface area contributed by atoms with Crippen LogP contribution in [-0.4, -0.2) is 10.7 Å². The Labute approximate surface area is 69.8 Å². The molecule has 0 atom stereocenters. The summed E-state index contributed by atoms with van der Waals surface area (Å²) in [5.74, 6) is 5.43. The molecular formula is C10H17O. The highest BCUT2D eigenvalue weighted by Crippen LogP contribution is 2.20. The summed E-state index contributed by atoms with van der Waals surface area (Å²) in [5.41, 5.74) is -0.496. The van der Waals surface area contributed by atoms with Crippen molar-refractivity contribution in [2.24, 2.45) is 0 Å². The van der Waals surface area contributed by atoms with Crippen molar-refractivity contribution in [3.8, 4) is 11.8 Å². The first-order valence-electron chi connectivity index (χ1n) is 4.16. The SMILES string of the molecule is [CH2]C#CCCC(O)(CC)CC. The van der Waals surface area contributed by atoms with Gasteiger partial charge < -0.3 is 5.11 Å². The predicted molar refractivity (Wildman–Crippen MR) is 47.9 cm³/mol. The first-order valence-corrected chi connectivity index (χ1v) is 4.16. The molecule has 0 spiro atoms. The van der Waals surface area contributed by atoms with E-state index < -0.39 is 5.60 Å². The van der Waals surface area contributed by atoms with Gasteiger partial charge in [0.2, 0.25) is 0 Å². The summed E-state index contributed by atoms with van der Waals surface area (Å²) in [7, 11) is 0. The largest absolute Gasteiger partial charge is 0.390 e. The van der Waals surface area contributed by atoms with E-state index in [-0.39, 0.29) is 0 Å². The third kappa shape index (κ3) is 4.06. The van der Waals surface area contributed by atoms with Crippen LogP contribution in [-0.2, 0) is 0 Å². The van der Waals surface area contributed by atoms with Gasteiger partial charge in [-0.2, -0.15) is 0 Å². The molecule has 0 aromatic carbocycles. The Balaban J connectivity index is 3.74. The van der Waals surface area contributed by atoms with Crippen LogP contribution >= 0.6 is 0 Å². The van der Waals surface area contributed by atoms with Crippen LogP contribution in [0.3, 0.4) is 0 Å². The van der Waals surface area contributed by atoms with Gasteiger partial charge in [-0.05, 0) is 19.3 Å². The molecule has 1 N–H and O–H groups in total. The van der Waals surface area contributed by atoms with E-state index >= 15 is 0 Å². The zero-order chi connectivity index (χ0) is 8.74. The lowest BCUT2D eigenvalue weighted by molar-refractivity contribution is 0.0251. The fraction of sp³-hybridized carbons (Fsp3) is 0.700. The Kier molecular flexibility index (Phi) is 4.98. The topological polar surface area (TPSA) is 20.2 Å². The number of aliphatic hydroxyl groups is 1. The lowest BCUT2D eigenvalue weighted by atomic mass is 9.92. The fourth-order valence-corrected chi connectivity index (χ4v) is 0.987. The average Bonchev–Trinajstić information content (AvgIpc) is 2.05. The van der Waals surface area contributed by atoms with E-state index in [0.29, 0.717) is 0 Å². The Morgan fingerprint density at radius 1 is 1.36 bits per heavy atom. The van der Waals surface area contributed by atoms with Gasteiger partial charge in [0.25, 0.3) is 0 Å². The van der Waals surface area contributed by atoms with Gasteiger partial charge in [0.1, 0.15) is 0 Å². The highest BCUT2D eigenvalue weighted by molar-refractivity contribution is 5.02. The highest BCUT2D eigenvalue weighted by atomic mass is 16.3. The summed E-state index contributed by atoms with van der Waals surface area (Å²) >= 11 is 0. The maximum atomic E-state index is 9.77. The molecule has 0 fully saturated rings. The average molecular weight is 153 g/mol. The molecule has 1 heteroatoms. The van der Waals surface area contributed by atoms with E-state index in [0.717, 1.165) is 25.7 Å². The molecule has 1 nitrogen and oxygen atoms in total. The second-order valence-electron chi connectivity index (χ2n) is 2.79. The quantitative estimate of drug-likeness (QED) is 0.614. The van der Waals surface area contributed by atoms with Crippen LogP contribution in [0.2, 0.25) is 0 Å². The summed E-state index contributed by atoms with van der Waals surface area (Å²) in [6, 6.07) is 0. The summed E-state index contributed by atoms with van der Waals surface area (Å²) in [5, 5.41) is 9.77. The first kappa shape index (κ1) is 10.5. The monoisotopic (exact) mass is 153 g/mol. The van der Waals surface area contributed by atoms with Gasteiger partial charge in [0, 0.05) is 13.3 Å². The zero-order valence-corrected chi connectivity index (χ0v) is 7.48. The van der Waals surface area contributed by atoms with Gasteiger partial charge in [-0.1, -0.05) is 13.8 Å². The normalized spacial score (nSPS) is 10.5. The molecule has 0 rings (SSSR count). The van der Waals surface area contributed by atoms with E-state index in [9.17, 15) is 5.11 Å². The van der Waals surface area contributed by atoms with Crippen LogP contribution in [0.25, 0.3) is 0 Å². The van der Waals surface area contributed by atoms with E-state index in [1.54, 1.807) is 0 Å². The molecule has 1 radical (unpaired) electrons. The standard InChI is InChI=1S/C10H17O/c1-4-7-8-9-10(11,5-2)6-3/h11H,1,5-6,8-9H2,2-3H3. The number of hydrogen-bond donors (Lipinski definition) is 1. The second kappa shape index (κ2) is 5.21. The van der Waals surface area contributed by atoms with Crippen molar-refractivity contribution < 1.29 is 5.11 Å². The van der Waals surface area contributed by atoms with Gasteiger partial charge in [0.05, 0.1) is 5.60 Å². The summed E-state index contributed by atoms with van der Waals surface area (Å²) in [6.45, 7) is 7.42. The lowest BCUT2D eigenvalue weighted by Gasteiger charge is -2.23. The van der Waals surface area contributed by atoms with E-state index in [2.05, 4.69) is 18.8 Å². The van der Waals surface area contributed by atoms with E-state index in [1.807, 2.05) is 13.8 Å². The Hall–Kier alpha value is -0.480. The number of rotatable bonds is 4. The highest BCUT2D eigenvalue weighted by Gasteiger charge is 2.20. The zero-order valence-electron chi connectivity index (χ0n) is 7.48. The van der Waals surface area contributed by atoms with Gasteiger partial charge in [-0.15, -0.1) is 11.8 Å². The second-order valence-corrected chi connectivity index (χ2v) is 2.79. The van der Waals surface area contributed by atoms with Crippen molar-refractivity contribution in [3.05, 3.63) is 6.92 Å². The van der Waals surface area contributed by atoms with Crippen LogP contribution in [0.4, 0.5) is 0 Å². The van der Waals surface area contributed by atoms with Crippen LogP contribution in [0.15, 0.2) is 0 Å². The van der Waals surface area contributed by atoms with Gasteiger partial charge in [0.15, 0.2) is 0 Å². The summed E-state index contributed by atoms with van der Waals surface area (Å²) in [4.78, 5) is 0. The maximum absolute atomic E-state index is 9.77. The third-order valence-electron chi connectivity index (χ3n) is 2.16. The maximum Gasteiger partial charge on any atom is 0.0651 e. The van der Waals surface area contributed by atoms with Crippen molar-refractivity contribution in [3.63, 3.8) is 0 Å². The Morgan fingerprint density at radius 3 is 2.27 bits per heavy atom. The van der Waals surface area contributed by atoms with Crippen molar-refractivity contribution in [2.45, 2.75) is 45.1 Å².